The summed E-state index contributed by atoms with van der Waals surface area (Å²) in [6.45, 7) is 4.00. The van der Waals surface area contributed by atoms with Gasteiger partial charge in [0, 0.05) is 37.7 Å². The fraction of sp³-hybridized carbons (Fsp3) is 0.0476. The van der Waals surface area contributed by atoms with Gasteiger partial charge in [0.15, 0.2) is 0 Å². The van der Waals surface area contributed by atoms with Crippen molar-refractivity contribution in [3.8, 4) is 22.5 Å². The molecule has 2 heterocycles. The van der Waals surface area contributed by atoms with Crippen molar-refractivity contribution >= 4 is 37.3 Å². The first-order chi connectivity index (χ1) is 23.0. The molecule has 3 nitrogen and oxygen atoms in total. The first kappa shape index (κ1) is 36.5. The Labute approximate surface area is 300 Å². The molecule has 7 rings (SSSR count). The molecule has 48 heavy (non-hydrogen) atoms. The largest absolute Gasteiger partial charge is 0.428 e. The summed E-state index contributed by atoms with van der Waals surface area (Å²) >= 11 is 0. The van der Waals surface area contributed by atoms with Gasteiger partial charge in [-0.3, -0.25) is 0 Å². The Hall–Kier alpha value is -4.34. The summed E-state index contributed by atoms with van der Waals surface area (Å²) in [6.07, 6.45) is 3.58. The second kappa shape index (κ2) is 18.9. The maximum absolute atomic E-state index is 10.8. The number of rotatable bonds is 6. The topological polar surface area (TPSA) is 46.0 Å². The molecule has 0 fully saturated rings. The Bertz CT molecular complexity index is 1700. The number of benzene rings is 5. The summed E-state index contributed by atoms with van der Waals surface area (Å²) in [4.78, 5) is 19.2. The summed E-state index contributed by atoms with van der Waals surface area (Å²) in [5, 5.41) is 5.18. The normalized spacial score (nSPS) is 10.4. The summed E-state index contributed by atoms with van der Waals surface area (Å²) in [7, 11) is -3.50. The number of nitrogens with zero attached hydrogens (tertiary/aromatic N) is 2. The molecule has 0 atom stereocenters. The van der Waals surface area contributed by atoms with Gasteiger partial charge in [-0.25, -0.2) is 0 Å². The van der Waals surface area contributed by atoms with Crippen molar-refractivity contribution in [2.24, 2.45) is 0 Å². The zero-order valence-corrected chi connectivity index (χ0v) is 31.4. The van der Waals surface area contributed by atoms with Crippen LogP contribution >= 0.6 is 7.92 Å². The van der Waals surface area contributed by atoms with E-state index in [1.165, 1.54) is 15.9 Å². The molecule has 2 aromatic heterocycles. The van der Waals surface area contributed by atoms with Crippen molar-refractivity contribution in [3.63, 3.8) is 0 Å². The average Bonchev–Trinajstić information content (AvgIpc) is 3.14. The molecule has 0 unspecified atom stereocenters. The third kappa shape index (κ3) is 10.6. The Balaban J connectivity index is 0.000000176. The molecule has 241 valence electrons. The van der Waals surface area contributed by atoms with Crippen molar-refractivity contribution in [3.05, 3.63) is 194 Å². The van der Waals surface area contributed by atoms with Crippen molar-refractivity contribution in [1.82, 2.24) is 9.97 Å². The van der Waals surface area contributed by atoms with Crippen LogP contribution in [-0.2, 0) is 20.1 Å². The first-order valence-electron chi connectivity index (χ1n) is 15.6. The molecule has 0 aliphatic heterocycles. The fourth-order valence-corrected chi connectivity index (χ4v) is 10.2. The molecule has 0 saturated heterocycles. The van der Waals surface area contributed by atoms with Crippen LogP contribution in [0, 0.1) is 12.1 Å². The van der Waals surface area contributed by atoms with Crippen LogP contribution in [0.4, 0.5) is 0 Å². The predicted molar refractivity (Wildman–Crippen MR) is 203 cm³/mol. The molecule has 1 radical (unpaired) electrons. The average molecular weight is 838 g/mol. The van der Waals surface area contributed by atoms with Gasteiger partial charge < -0.3 is 14.8 Å². The predicted octanol–water partition coefficient (Wildman–Crippen LogP) is 7.68. The van der Waals surface area contributed by atoms with Gasteiger partial charge in [-0.05, 0) is 66.9 Å². The van der Waals surface area contributed by atoms with E-state index in [1.807, 2.05) is 104 Å². The Morgan fingerprint density at radius 1 is 0.500 bits per heavy atom. The molecule has 7 aromatic rings. The van der Waals surface area contributed by atoms with E-state index in [1.54, 1.807) is 12.4 Å². The third-order valence-corrected chi connectivity index (χ3v) is 12.1. The van der Waals surface area contributed by atoms with Crippen LogP contribution < -0.4 is 21.1 Å². The fourth-order valence-electron chi connectivity index (χ4n) is 5.07. The van der Waals surface area contributed by atoms with Gasteiger partial charge in [0.2, 0.25) is 8.32 Å². The van der Waals surface area contributed by atoms with Gasteiger partial charge in [-0.1, -0.05) is 78.9 Å². The standard InChI is InChI=1S/C20H21OPSi.2C11H8N.Ir/c1-23(2,21)20-16-10-9-15-19(20)22(17-11-5-3-6-12-17)18-13-7-4-8-14-18;2*1-2-6-10(7-3-1)11-8-4-5-9-12-11;/h3-16,21H,1-2H3;2*1-6,8-9H;/q;2*-1;/p+1. The molecule has 6 heteroatoms. The second-order valence-corrected chi connectivity index (χ2v) is 17.3. The van der Waals surface area contributed by atoms with E-state index in [4.69, 9.17) is 0 Å². The van der Waals surface area contributed by atoms with Crippen LogP contribution in [0.2, 0.25) is 13.1 Å². The van der Waals surface area contributed by atoms with Gasteiger partial charge in [-0.2, -0.15) is 0 Å². The molecule has 0 amide bonds. The van der Waals surface area contributed by atoms with Crippen LogP contribution in [0.3, 0.4) is 0 Å². The van der Waals surface area contributed by atoms with Crippen molar-refractivity contribution in [1.29, 1.82) is 0 Å². The monoisotopic (exact) mass is 838 g/mol. The summed E-state index contributed by atoms with van der Waals surface area (Å²) in [5.41, 5.74) is 4.02. The van der Waals surface area contributed by atoms with Crippen LogP contribution in [0.15, 0.2) is 182 Å². The van der Waals surface area contributed by atoms with Crippen LogP contribution in [0.25, 0.3) is 22.5 Å². The second-order valence-electron chi connectivity index (χ2n) is 11.2. The first-order valence-corrected chi connectivity index (χ1v) is 20.0. The van der Waals surface area contributed by atoms with E-state index in [2.05, 4.69) is 101 Å². The number of pyridine rings is 2. The number of hydrogen-bond acceptors (Lipinski definition) is 3. The molecule has 5 aromatic carbocycles. The van der Waals surface area contributed by atoms with Gasteiger partial charge in [0.1, 0.15) is 15.9 Å². The SMILES string of the molecule is C[Si](C)(O)c1ccccc1[PH+](c1ccccc1)c1ccccc1.[Ir].[c-]1ccccc1-c1ccccn1.[c-]1ccccc1-c1ccccn1. The number of hydrogen-bond donors (Lipinski definition) is 1. The van der Waals surface area contributed by atoms with Gasteiger partial charge in [0.25, 0.3) is 0 Å². The van der Waals surface area contributed by atoms with Crippen molar-refractivity contribution < 1.29 is 24.9 Å². The smallest absolute Gasteiger partial charge is 0.217 e. The number of aromatic nitrogens is 2. The van der Waals surface area contributed by atoms with E-state index in [0.29, 0.717) is 0 Å². The van der Waals surface area contributed by atoms with Crippen molar-refractivity contribution in [2.45, 2.75) is 13.1 Å². The maximum Gasteiger partial charge on any atom is 0.217 e. The van der Waals surface area contributed by atoms with Crippen LogP contribution in [0.5, 0.6) is 0 Å². The zero-order chi connectivity index (χ0) is 32.7. The molecule has 0 spiro atoms. The Morgan fingerprint density at radius 3 is 1.31 bits per heavy atom. The molecule has 0 saturated carbocycles. The van der Waals surface area contributed by atoms with E-state index < -0.39 is 16.2 Å². The van der Waals surface area contributed by atoms with Gasteiger partial charge >= 0.3 is 0 Å². The van der Waals surface area contributed by atoms with Crippen LogP contribution in [-0.4, -0.2) is 23.1 Å². The summed E-state index contributed by atoms with van der Waals surface area (Å²) < 4.78 is 0. The third-order valence-electron chi connectivity index (χ3n) is 7.28. The van der Waals surface area contributed by atoms with E-state index in [0.717, 1.165) is 27.7 Å². The maximum atomic E-state index is 10.8. The van der Waals surface area contributed by atoms with Crippen molar-refractivity contribution in [2.75, 3.05) is 0 Å². The molecule has 0 bridgehead atoms. The van der Waals surface area contributed by atoms with Crippen LogP contribution in [0.1, 0.15) is 0 Å². The van der Waals surface area contributed by atoms with E-state index in [-0.39, 0.29) is 20.1 Å². The van der Waals surface area contributed by atoms with E-state index >= 15 is 0 Å². The zero-order valence-electron chi connectivity index (χ0n) is 27.0. The molecule has 1 N–H and O–H groups in total. The molecular formula is C42H38IrN2OPSi-. The minimum Gasteiger partial charge on any atom is -0.428 e. The van der Waals surface area contributed by atoms with E-state index in [9.17, 15) is 4.80 Å². The Morgan fingerprint density at radius 2 is 0.917 bits per heavy atom. The van der Waals surface area contributed by atoms with Gasteiger partial charge in [0.05, 0.1) is 7.92 Å². The molecule has 0 aliphatic carbocycles. The quantitative estimate of drug-likeness (QED) is 0.106. The minimum atomic E-state index is -2.38. The molecule has 0 aliphatic rings. The van der Waals surface area contributed by atoms with Gasteiger partial charge in [-0.15, -0.1) is 71.8 Å². The minimum absolute atomic E-state index is 0. The Kier molecular flexibility index (Phi) is 14.3. The summed E-state index contributed by atoms with van der Waals surface area (Å²) in [5.74, 6) is 0. The summed E-state index contributed by atoms with van der Waals surface area (Å²) in [6, 6.07) is 63.5. The molecular weight excluding hydrogens is 800 g/mol.